The molecule has 1 aromatic heterocycles. The molecule has 6 heteroatoms. The van der Waals surface area contributed by atoms with Gasteiger partial charge >= 0.3 is 0 Å². The van der Waals surface area contributed by atoms with Gasteiger partial charge < -0.3 is 4.74 Å². The van der Waals surface area contributed by atoms with Crippen LogP contribution in [-0.2, 0) is 0 Å². The Morgan fingerprint density at radius 1 is 1.05 bits per heavy atom. The SMILES string of the molecule is Fc1cc(Br)cc(Oc2ncnc3ccccc23)c1F. The van der Waals surface area contributed by atoms with Crippen LogP contribution in [0.15, 0.2) is 47.2 Å². The van der Waals surface area contributed by atoms with Crippen molar-refractivity contribution in [3.8, 4) is 11.6 Å². The molecule has 0 amide bonds. The fourth-order valence-electron chi connectivity index (χ4n) is 1.77. The van der Waals surface area contributed by atoms with Crippen LogP contribution in [0.2, 0.25) is 0 Å². The molecule has 0 unspecified atom stereocenters. The number of nitrogens with zero attached hydrogens (tertiary/aromatic N) is 2. The number of hydrogen-bond donors (Lipinski definition) is 0. The second-order valence-corrected chi connectivity index (χ2v) is 4.91. The van der Waals surface area contributed by atoms with Crippen molar-refractivity contribution in [1.82, 2.24) is 9.97 Å². The van der Waals surface area contributed by atoms with Crippen LogP contribution in [0.1, 0.15) is 0 Å². The largest absolute Gasteiger partial charge is 0.435 e. The fourth-order valence-corrected chi connectivity index (χ4v) is 2.18. The summed E-state index contributed by atoms with van der Waals surface area (Å²) in [5, 5.41) is 0.620. The lowest BCUT2D eigenvalue weighted by molar-refractivity contribution is 0.408. The van der Waals surface area contributed by atoms with E-state index in [-0.39, 0.29) is 11.6 Å². The minimum Gasteiger partial charge on any atom is -0.435 e. The average Bonchev–Trinajstić information content (AvgIpc) is 2.44. The van der Waals surface area contributed by atoms with Gasteiger partial charge in [0.1, 0.15) is 6.33 Å². The molecule has 2 aromatic carbocycles. The van der Waals surface area contributed by atoms with Gasteiger partial charge in [-0.15, -0.1) is 0 Å². The Labute approximate surface area is 121 Å². The standard InChI is InChI=1S/C14H7BrF2N2O/c15-8-5-10(16)13(17)12(6-8)20-14-9-3-1-2-4-11(9)18-7-19-14/h1-7H. The first-order chi connectivity index (χ1) is 9.65. The van der Waals surface area contributed by atoms with E-state index in [1.807, 2.05) is 6.07 Å². The van der Waals surface area contributed by atoms with Crippen LogP contribution in [0, 0.1) is 11.6 Å². The van der Waals surface area contributed by atoms with E-state index in [1.54, 1.807) is 18.2 Å². The Kier molecular flexibility index (Phi) is 3.31. The Balaban J connectivity index is 2.10. The molecule has 0 fully saturated rings. The molecule has 0 spiro atoms. The summed E-state index contributed by atoms with van der Waals surface area (Å²) < 4.78 is 32.8. The lowest BCUT2D eigenvalue weighted by Crippen LogP contribution is -1.95. The third-order valence-electron chi connectivity index (χ3n) is 2.67. The highest BCUT2D eigenvalue weighted by Gasteiger charge is 2.14. The Morgan fingerprint density at radius 3 is 2.70 bits per heavy atom. The van der Waals surface area contributed by atoms with Gasteiger partial charge in [0, 0.05) is 4.47 Å². The molecule has 0 aliphatic heterocycles. The maximum atomic E-state index is 13.7. The maximum Gasteiger partial charge on any atom is 0.230 e. The number of fused-ring (bicyclic) bond motifs is 1. The summed E-state index contributed by atoms with van der Waals surface area (Å²) in [6.07, 6.45) is 1.31. The normalized spacial score (nSPS) is 10.8. The van der Waals surface area contributed by atoms with Gasteiger partial charge in [0.15, 0.2) is 11.6 Å². The van der Waals surface area contributed by atoms with Crippen molar-refractivity contribution >= 4 is 26.8 Å². The van der Waals surface area contributed by atoms with Crippen LogP contribution < -0.4 is 4.74 Å². The van der Waals surface area contributed by atoms with E-state index < -0.39 is 11.6 Å². The van der Waals surface area contributed by atoms with E-state index in [0.717, 1.165) is 6.07 Å². The molecule has 0 aliphatic carbocycles. The molecule has 0 saturated carbocycles. The molecule has 0 atom stereocenters. The molecular formula is C14H7BrF2N2O. The lowest BCUT2D eigenvalue weighted by atomic mass is 10.2. The van der Waals surface area contributed by atoms with Crippen molar-refractivity contribution in [1.29, 1.82) is 0 Å². The number of halogens is 3. The number of rotatable bonds is 2. The Bertz CT molecular complexity index is 790. The first-order valence-corrected chi connectivity index (χ1v) is 6.46. The van der Waals surface area contributed by atoms with Gasteiger partial charge in [0.2, 0.25) is 11.7 Å². The van der Waals surface area contributed by atoms with Crippen molar-refractivity contribution in [3.05, 3.63) is 58.8 Å². The van der Waals surface area contributed by atoms with Gasteiger partial charge in [-0.1, -0.05) is 28.1 Å². The van der Waals surface area contributed by atoms with E-state index in [4.69, 9.17) is 4.74 Å². The second-order valence-electron chi connectivity index (χ2n) is 4.00. The van der Waals surface area contributed by atoms with E-state index >= 15 is 0 Å². The van der Waals surface area contributed by atoms with Gasteiger partial charge in [-0.3, -0.25) is 0 Å². The molecule has 0 aliphatic rings. The van der Waals surface area contributed by atoms with Crippen molar-refractivity contribution in [3.63, 3.8) is 0 Å². The summed E-state index contributed by atoms with van der Waals surface area (Å²) >= 11 is 3.09. The number of hydrogen-bond acceptors (Lipinski definition) is 3. The summed E-state index contributed by atoms with van der Waals surface area (Å²) in [4.78, 5) is 8.04. The number of para-hydroxylation sites is 1. The van der Waals surface area contributed by atoms with E-state index in [2.05, 4.69) is 25.9 Å². The van der Waals surface area contributed by atoms with Crippen molar-refractivity contribution < 1.29 is 13.5 Å². The van der Waals surface area contributed by atoms with Crippen LogP contribution in [0.3, 0.4) is 0 Å². The first kappa shape index (κ1) is 12.9. The van der Waals surface area contributed by atoms with E-state index in [1.165, 1.54) is 12.4 Å². The topological polar surface area (TPSA) is 35.0 Å². The van der Waals surface area contributed by atoms with Crippen LogP contribution in [0.5, 0.6) is 11.6 Å². The highest BCUT2D eigenvalue weighted by Crippen LogP contribution is 2.31. The van der Waals surface area contributed by atoms with Gasteiger partial charge in [0.25, 0.3) is 0 Å². The number of aromatic nitrogens is 2. The minimum atomic E-state index is -1.06. The molecule has 1 heterocycles. The van der Waals surface area contributed by atoms with Gasteiger partial charge in [-0.2, -0.15) is 4.39 Å². The summed E-state index contributed by atoms with van der Waals surface area (Å²) in [6.45, 7) is 0. The molecule has 3 aromatic rings. The quantitative estimate of drug-likeness (QED) is 0.648. The summed E-state index contributed by atoms with van der Waals surface area (Å²) in [5.74, 6) is -2.11. The fraction of sp³-hybridized carbons (Fsp3) is 0. The van der Waals surface area contributed by atoms with E-state index in [9.17, 15) is 8.78 Å². The zero-order valence-corrected chi connectivity index (χ0v) is 11.6. The van der Waals surface area contributed by atoms with Crippen LogP contribution in [-0.4, -0.2) is 9.97 Å². The molecule has 3 rings (SSSR count). The molecule has 20 heavy (non-hydrogen) atoms. The summed E-state index contributed by atoms with van der Waals surface area (Å²) in [6, 6.07) is 9.50. The molecule has 0 N–H and O–H groups in total. The van der Waals surface area contributed by atoms with Gasteiger partial charge in [0.05, 0.1) is 10.9 Å². The van der Waals surface area contributed by atoms with Crippen LogP contribution in [0.4, 0.5) is 8.78 Å². The molecule has 0 saturated heterocycles. The molecule has 0 radical (unpaired) electrons. The van der Waals surface area contributed by atoms with Gasteiger partial charge in [-0.25, -0.2) is 14.4 Å². The van der Waals surface area contributed by atoms with Gasteiger partial charge in [-0.05, 0) is 24.3 Å². The first-order valence-electron chi connectivity index (χ1n) is 5.67. The highest BCUT2D eigenvalue weighted by molar-refractivity contribution is 9.10. The average molecular weight is 337 g/mol. The van der Waals surface area contributed by atoms with Crippen molar-refractivity contribution in [2.24, 2.45) is 0 Å². The molecular weight excluding hydrogens is 330 g/mol. The Morgan fingerprint density at radius 2 is 1.85 bits per heavy atom. The van der Waals surface area contributed by atoms with Crippen LogP contribution in [0.25, 0.3) is 10.9 Å². The third-order valence-corrected chi connectivity index (χ3v) is 3.13. The molecule has 100 valence electrons. The maximum absolute atomic E-state index is 13.7. The summed E-state index contributed by atoms with van der Waals surface area (Å²) in [5.41, 5.74) is 0.661. The zero-order valence-electron chi connectivity index (χ0n) is 9.98. The van der Waals surface area contributed by atoms with Crippen molar-refractivity contribution in [2.75, 3.05) is 0 Å². The van der Waals surface area contributed by atoms with Crippen molar-refractivity contribution in [2.45, 2.75) is 0 Å². The highest BCUT2D eigenvalue weighted by atomic mass is 79.9. The van der Waals surface area contributed by atoms with E-state index in [0.29, 0.717) is 15.4 Å². The molecule has 3 nitrogen and oxygen atoms in total. The zero-order chi connectivity index (χ0) is 14.1. The van der Waals surface area contributed by atoms with Crippen LogP contribution >= 0.6 is 15.9 Å². The monoisotopic (exact) mass is 336 g/mol. The number of benzene rings is 2. The summed E-state index contributed by atoms with van der Waals surface area (Å²) in [7, 11) is 0. The molecule has 0 bridgehead atoms. The Hall–Kier alpha value is -2.08. The lowest BCUT2D eigenvalue weighted by Gasteiger charge is -2.08. The predicted octanol–water partition coefficient (Wildman–Crippen LogP) is 4.46. The third kappa shape index (κ3) is 2.34. The minimum absolute atomic E-state index is 0.173. The number of ether oxygens (including phenoxy) is 1. The predicted molar refractivity (Wildman–Crippen MR) is 73.7 cm³/mol. The smallest absolute Gasteiger partial charge is 0.230 e. The second kappa shape index (κ2) is 5.13.